The summed E-state index contributed by atoms with van der Waals surface area (Å²) in [5.41, 5.74) is 2.77. The maximum atomic E-state index is 4.08. The number of nitrogens with zero attached hydrogens (tertiary/aromatic N) is 1. The molecule has 2 nitrogen and oxygen atoms in total. The highest BCUT2D eigenvalue weighted by Crippen LogP contribution is 1.91. The van der Waals surface area contributed by atoms with Crippen molar-refractivity contribution in [1.29, 1.82) is 0 Å². The molecule has 34 valence electrons. The fourth-order valence-corrected chi connectivity index (χ4v) is 0.486. The molecule has 1 N–H and O–H groups in total. The van der Waals surface area contributed by atoms with Crippen LogP contribution in [0.25, 0.3) is 0 Å². The monoisotopic (exact) mass is 102 g/mol. The van der Waals surface area contributed by atoms with E-state index in [1.54, 1.807) is 6.21 Å². The second-order valence-electron chi connectivity index (χ2n) is 1.21. The average Bonchev–Trinajstić information content (AvgIpc) is 1.86. The molecule has 0 spiro atoms. The van der Waals surface area contributed by atoms with Crippen LogP contribution in [0.1, 0.15) is 0 Å². The van der Waals surface area contributed by atoms with Gasteiger partial charge in [0.2, 0.25) is 0 Å². The zero-order valence-electron chi connectivity index (χ0n) is 3.26. The molecule has 0 saturated heterocycles. The number of hydrazone groups is 1. The summed E-state index contributed by atoms with van der Waals surface area (Å²) in [5, 5.41) is 4.05. The molecular formula is C3H6N2S. The summed E-state index contributed by atoms with van der Waals surface area (Å²) in [7, 11) is 0. The minimum atomic E-state index is 0.338. The molecule has 0 radical (unpaired) electrons. The van der Waals surface area contributed by atoms with Gasteiger partial charge in [-0.05, 0) is 0 Å². The smallest absolute Gasteiger partial charge is 0.0577 e. The van der Waals surface area contributed by atoms with E-state index in [1.165, 1.54) is 0 Å². The summed E-state index contributed by atoms with van der Waals surface area (Å²) in [5.74, 6) is 0. The zero-order chi connectivity index (χ0) is 4.41. The minimum absolute atomic E-state index is 0.338. The highest BCUT2D eigenvalue weighted by Gasteiger charge is 2.00. The number of nitrogens with one attached hydrogen (secondary N) is 1. The van der Waals surface area contributed by atoms with E-state index in [4.69, 9.17) is 0 Å². The van der Waals surface area contributed by atoms with Gasteiger partial charge in [0.1, 0.15) is 0 Å². The van der Waals surface area contributed by atoms with Gasteiger partial charge >= 0.3 is 0 Å². The fourth-order valence-electron chi connectivity index (χ4n) is 0.338. The molecule has 0 aromatic carbocycles. The first-order valence-corrected chi connectivity index (χ1v) is 2.35. The van der Waals surface area contributed by atoms with Crippen LogP contribution in [-0.4, -0.2) is 18.0 Å². The van der Waals surface area contributed by atoms with Crippen LogP contribution in [0.15, 0.2) is 5.10 Å². The Hall–Kier alpha value is -0.180. The molecule has 1 aliphatic heterocycles. The van der Waals surface area contributed by atoms with Crippen LogP contribution in [0.5, 0.6) is 0 Å². The SMILES string of the molecule is SC1C=NNC1. The van der Waals surface area contributed by atoms with Crippen LogP contribution in [0.2, 0.25) is 0 Å². The van der Waals surface area contributed by atoms with Crippen molar-refractivity contribution in [1.82, 2.24) is 5.43 Å². The van der Waals surface area contributed by atoms with Crippen LogP contribution in [0, 0.1) is 0 Å². The lowest BCUT2D eigenvalue weighted by atomic mass is 10.5. The van der Waals surface area contributed by atoms with E-state index in [-0.39, 0.29) is 0 Å². The molecule has 1 atom stereocenters. The Morgan fingerprint density at radius 1 is 2.00 bits per heavy atom. The van der Waals surface area contributed by atoms with Crippen molar-refractivity contribution in [3.8, 4) is 0 Å². The summed E-state index contributed by atoms with van der Waals surface area (Å²) in [6.07, 6.45) is 1.78. The quantitative estimate of drug-likeness (QED) is 0.409. The summed E-state index contributed by atoms with van der Waals surface area (Å²) >= 11 is 4.08. The maximum absolute atomic E-state index is 4.08. The normalized spacial score (nSPS) is 30.5. The molecule has 0 fully saturated rings. The Morgan fingerprint density at radius 2 is 2.83 bits per heavy atom. The van der Waals surface area contributed by atoms with Gasteiger partial charge in [-0.1, -0.05) is 0 Å². The lowest BCUT2D eigenvalue weighted by molar-refractivity contribution is 0.820. The number of hydrogen-bond acceptors (Lipinski definition) is 3. The number of thiol groups is 1. The second-order valence-corrected chi connectivity index (χ2v) is 1.87. The molecule has 0 aliphatic carbocycles. The van der Waals surface area contributed by atoms with Crippen molar-refractivity contribution >= 4 is 18.8 Å². The van der Waals surface area contributed by atoms with Gasteiger partial charge < -0.3 is 5.43 Å². The Kier molecular flexibility index (Phi) is 1.01. The van der Waals surface area contributed by atoms with Crippen molar-refractivity contribution in [3.63, 3.8) is 0 Å². The summed E-state index contributed by atoms with van der Waals surface area (Å²) in [6.45, 7) is 0.878. The van der Waals surface area contributed by atoms with E-state index in [9.17, 15) is 0 Å². The van der Waals surface area contributed by atoms with E-state index in [0.717, 1.165) is 6.54 Å². The minimum Gasteiger partial charge on any atom is -0.309 e. The Balaban J connectivity index is 2.38. The number of rotatable bonds is 0. The lowest BCUT2D eigenvalue weighted by Gasteiger charge is -1.87. The molecule has 0 amide bonds. The third kappa shape index (κ3) is 0.653. The van der Waals surface area contributed by atoms with Crippen LogP contribution < -0.4 is 5.43 Å². The zero-order valence-corrected chi connectivity index (χ0v) is 4.15. The molecule has 1 rings (SSSR count). The molecule has 0 aromatic rings. The van der Waals surface area contributed by atoms with Crippen LogP contribution >= 0.6 is 12.6 Å². The van der Waals surface area contributed by atoms with Crippen LogP contribution in [0.3, 0.4) is 0 Å². The van der Waals surface area contributed by atoms with E-state index in [2.05, 4.69) is 23.2 Å². The van der Waals surface area contributed by atoms with Gasteiger partial charge in [-0.3, -0.25) is 0 Å². The third-order valence-electron chi connectivity index (χ3n) is 0.638. The Bertz CT molecular complexity index is 71.2. The van der Waals surface area contributed by atoms with E-state index >= 15 is 0 Å². The first-order valence-electron chi connectivity index (χ1n) is 1.84. The highest BCUT2D eigenvalue weighted by atomic mass is 32.1. The second kappa shape index (κ2) is 1.51. The standard InChI is InChI=1S/C3H6N2S/c6-3-1-4-5-2-3/h1,3,5-6H,2H2. The highest BCUT2D eigenvalue weighted by molar-refractivity contribution is 7.81. The van der Waals surface area contributed by atoms with Gasteiger partial charge in [0.05, 0.1) is 5.25 Å². The van der Waals surface area contributed by atoms with Crippen LogP contribution in [0.4, 0.5) is 0 Å². The van der Waals surface area contributed by atoms with E-state index in [0.29, 0.717) is 5.25 Å². The van der Waals surface area contributed by atoms with Gasteiger partial charge in [0.25, 0.3) is 0 Å². The van der Waals surface area contributed by atoms with Gasteiger partial charge in [0, 0.05) is 12.8 Å². The average molecular weight is 102 g/mol. The molecule has 1 heterocycles. The van der Waals surface area contributed by atoms with Crippen LogP contribution in [-0.2, 0) is 0 Å². The molecular weight excluding hydrogens is 96.1 g/mol. The summed E-state index contributed by atoms with van der Waals surface area (Å²) < 4.78 is 0. The van der Waals surface area contributed by atoms with Gasteiger partial charge in [0.15, 0.2) is 0 Å². The molecule has 0 saturated carbocycles. The Labute approximate surface area is 42.0 Å². The van der Waals surface area contributed by atoms with Gasteiger partial charge in [-0.15, -0.1) is 0 Å². The van der Waals surface area contributed by atoms with Crippen molar-refractivity contribution in [3.05, 3.63) is 0 Å². The van der Waals surface area contributed by atoms with E-state index < -0.39 is 0 Å². The van der Waals surface area contributed by atoms with Crippen molar-refractivity contribution in [2.75, 3.05) is 6.54 Å². The van der Waals surface area contributed by atoms with Crippen molar-refractivity contribution < 1.29 is 0 Å². The topological polar surface area (TPSA) is 24.4 Å². The Morgan fingerprint density at radius 3 is 3.00 bits per heavy atom. The van der Waals surface area contributed by atoms with Crippen molar-refractivity contribution in [2.24, 2.45) is 5.10 Å². The fraction of sp³-hybridized carbons (Fsp3) is 0.667. The first-order chi connectivity index (χ1) is 2.89. The van der Waals surface area contributed by atoms with E-state index in [1.807, 2.05) is 0 Å². The molecule has 1 aliphatic rings. The van der Waals surface area contributed by atoms with Gasteiger partial charge in [-0.25, -0.2) is 0 Å². The third-order valence-corrected chi connectivity index (χ3v) is 0.954. The first kappa shape index (κ1) is 3.99. The lowest BCUT2D eigenvalue weighted by Crippen LogP contribution is -2.08. The molecule has 1 unspecified atom stereocenters. The predicted molar refractivity (Wildman–Crippen MR) is 29.3 cm³/mol. The molecule has 3 heteroatoms. The molecule has 6 heavy (non-hydrogen) atoms. The van der Waals surface area contributed by atoms with Gasteiger partial charge in [-0.2, -0.15) is 17.7 Å². The summed E-state index contributed by atoms with van der Waals surface area (Å²) in [6, 6.07) is 0. The molecule has 0 aromatic heterocycles. The maximum Gasteiger partial charge on any atom is 0.0577 e. The molecule has 0 bridgehead atoms. The largest absolute Gasteiger partial charge is 0.309 e. The van der Waals surface area contributed by atoms with Crippen molar-refractivity contribution in [2.45, 2.75) is 5.25 Å². The number of hydrogen-bond donors (Lipinski definition) is 2. The summed E-state index contributed by atoms with van der Waals surface area (Å²) in [4.78, 5) is 0. The predicted octanol–water partition coefficient (Wildman–Crippen LogP) is -0.126.